The van der Waals surface area contributed by atoms with E-state index in [-0.39, 0.29) is 16.7 Å². The molecule has 0 spiro atoms. The van der Waals surface area contributed by atoms with Crippen LogP contribution in [0.3, 0.4) is 0 Å². The van der Waals surface area contributed by atoms with E-state index in [9.17, 15) is 13.2 Å². The summed E-state index contributed by atoms with van der Waals surface area (Å²) in [5.41, 5.74) is 0.809. The van der Waals surface area contributed by atoms with Crippen LogP contribution in [0.2, 0.25) is 5.02 Å². The summed E-state index contributed by atoms with van der Waals surface area (Å²) < 4.78 is 28.1. The number of benzene rings is 1. The molecule has 7 heteroatoms. The van der Waals surface area contributed by atoms with E-state index in [1.54, 1.807) is 11.0 Å². The van der Waals surface area contributed by atoms with Gasteiger partial charge in [0.2, 0.25) is 15.9 Å². The number of hydrogen-bond donors (Lipinski definition) is 1. The number of halogens is 1. The van der Waals surface area contributed by atoms with Gasteiger partial charge in [-0.25, -0.2) is 8.42 Å². The number of sulfonamides is 1. The minimum Gasteiger partial charge on any atom is -0.341 e. The second kappa shape index (κ2) is 8.52. The zero-order valence-electron chi connectivity index (χ0n) is 15.1. The maximum atomic E-state index is 12.8. The van der Waals surface area contributed by atoms with Crippen molar-refractivity contribution in [3.05, 3.63) is 28.8 Å². The van der Waals surface area contributed by atoms with Gasteiger partial charge in [0, 0.05) is 18.1 Å². The van der Waals surface area contributed by atoms with Crippen molar-refractivity contribution < 1.29 is 13.2 Å². The smallest absolute Gasteiger partial charge is 0.241 e. The fourth-order valence-electron chi connectivity index (χ4n) is 3.00. The number of nitrogens with one attached hydrogen (secondary N) is 1. The number of carbonyl (C=O) groups excluding carboxylic acids is 1. The highest BCUT2D eigenvalue weighted by Gasteiger charge is 2.30. The highest BCUT2D eigenvalue weighted by Crippen LogP contribution is 2.21. The Bertz CT molecular complexity index is 713. The van der Waals surface area contributed by atoms with Gasteiger partial charge in [0.05, 0.1) is 4.90 Å². The Hall–Kier alpha value is -1.11. The van der Waals surface area contributed by atoms with Gasteiger partial charge in [-0.15, -0.1) is 0 Å². The van der Waals surface area contributed by atoms with E-state index in [2.05, 4.69) is 4.72 Å². The van der Waals surface area contributed by atoms with Gasteiger partial charge < -0.3 is 4.90 Å². The molecule has 1 aromatic rings. The topological polar surface area (TPSA) is 66.5 Å². The van der Waals surface area contributed by atoms with Gasteiger partial charge in [0.1, 0.15) is 6.04 Å². The van der Waals surface area contributed by atoms with Crippen LogP contribution in [0.15, 0.2) is 23.1 Å². The quantitative estimate of drug-likeness (QED) is 0.815. The van der Waals surface area contributed by atoms with E-state index in [0.717, 1.165) is 24.8 Å². The number of amides is 1. The van der Waals surface area contributed by atoms with Crippen LogP contribution in [0.5, 0.6) is 0 Å². The summed E-state index contributed by atoms with van der Waals surface area (Å²) in [5, 5.41) is 0.394. The summed E-state index contributed by atoms with van der Waals surface area (Å²) in [6.45, 7) is 7.17. The lowest BCUT2D eigenvalue weighted by molar-refractivity contribution is -0.134. The maximum Gasteiger partial charge on any atom is 0.241 e. The van der Waals surface area contributed by atoms with Crippen LogP contribution in [0, 0.1) is 12.8 Å². The van der Waals surface area contributed by atoms with Gasteiger partial charge in [-0.05, 0) is 56.2 Å². The highest BCUT2D eigenvalue weighted by molar-refractivity contribution is 7.89. The first-order valence-corrected chi connectivity index (χ1v) is 10.6. The van der Waals surface area contributed by atoms with Gasteiger partial charge in [0.25, 0.3) is 0 Å². The van der Waals surface area contributed by atoms with Gasteiger partial charge in [-0.3, -0.25) is 4.79 Å². The zero-order chi connectivity index (χ0) is 18.6. The van der Waals surface area contributed by atoms with Gasteiger partial charge >= 0.3 is 0 Å². The van der Waals surface area contributed by atoms with Crippen molar-refractivity contribution in [2.45, 2.75) is 57.4 Å². The van der Waals surface area contributed by atoms with Crippen molar-refractivity contribution in [1.29, 1.82) is 0 Å². The number of rotatable bonds is 6. The van der Waals surface area contributed by atoms with Crippen molar-refractivity contribution in [2.75, 3.05) is 13.1 Å². The van der Waals surface area contributed by atoms with Gasteiger partial charge in [-0.1, -0.05) is 31.5 Å². The summed E-state index contributed by atoms with van der Waals surface area (Å²) in [6, 6.07) is 3.86. The summed E-state index contributed by atoms with van der Waals surface area (Å²) in [6.07, 6.45) is 3.53. The minimum absolute atomic E-state index is 0.0864. The maximum absolute atomic E-state index is 12.8. The molecule has 1 heterocycles. The number of aryl methyl sites for hydroxylation is 1. The molecule has 0 bridgehead atoms. The van der Waals surface area contributed by atoms with Gasteiger partial charge in [-0.2, -0.15) is 4.72 Å². The average molecular weight is 387 g/mol. The van der Waals surface area contributed by atoms with Crippen LogP contribution < -0.4 is 4.72 Å². The highest BCUT2D eigenvalue weighted by atomic mass is 35.5. The number of carbonyl (C=O) groups is 1. The van der Waals surface area contributed by atoms with E-state index < -0.39 is 16.1 Å². The molecule has 1 fully saturated rings. The van der Waals surface area contributed by atoms with E-state index >= 15 is 0 Å². The van der Waals surface area contributed by atoms with Crippen molar-refractivity contribution in [3.8, 4) is 0 Å². The van der Waals surface area contributed by atoms with Crippen molar-refractivity contribution in [3.63, 3.8) is 0 Å². The largest absolute Gasteiger partial charge is 0.341 e. The molecule has 1 saturated heterocycles. The fourth-order valence-corrected chi connectivity index (χ4v) is 4.47. The predicted molar refractivity (Wildman–Crippen MR) is 100 cm³/mol. The molecule has 1 aliphatic heterocycles. The zero-order valence-corrected chi connectivity index (χ0v) is 16.7. The van der Waals surface area contributed by atoms with Crippen molar-refractivity contribution in [2.24, 2.45) is 5.92 Å². The number of hydrogen-bond acceptors (Lipinski definition) is 3. The van der Waals surface area contributed by atoms with E-state index in [1.807, 2.05) is 20.8 Å². The minimum atomic E-state index is -3.81. The Morgan fingerprint density at radius 3 is 2.44 bits per heavy atom. The summed E-state index contributed by atoms with van der Waals surface area (Å²) >= 11 is 6.06. The number of nitrogens with zero attached hydrogens (tertiary/aromatic N) is 1. The van der Waals surface area contributed by atoms with E-state index in [4.69, 9.17) is 11.6 Å². The standard InChI is InChI=1S/C18H27ClN2O3S/c1-13(2)11-17(18(22)21-9-5-4-6-10-21)20-25(23,24)15-8-7-14(3)16(19)12-15/h7-8,12-13,17,20H,4-6,9-11H2,1-3H3/t17-/m0/s1. The lowest BCUT2D eigenvalue weighted by atomic mass is 10.0. The second-order valence-electron chi connectivity index (χ2n) is 7.10. The molecule has 1 atom stereocenters. The summed E-state index contributed by atoms with van der Waals surface area (Å²) in [7, 11) is -3.81. The first-order valence-electron chi connectivity index (χ1n) is 8.78. The first-order chi connectivity index (χ1) is 11.7. The Morgan fingerprint density at radius 1 is 1.24 bits per heavy atom. The normalized spacial score (nSPS) is 16.9. The number of likely N-dealkylation sites (tertiary alicyclic amines) is 1. The molecular formula is C18H27ClN2O3S. The molecule has 0 aromatic heterocycles. The summed E-state index contributed by atoms with van der Waals surface area (Å²) in [5.74, 6) is 0.0678. The Kier molecular flexibility index (Phi) is 6.88. The molecular weight excluding hydrogens is 360 g/mol. The predicted octanol–water partition coefficient (Wildman–Crippen LogP) is 3.35. The Balaban J connectivity index is 2.22. The van der Waals surface area contributed by atoms with Crippen molar-refractivity contribution >= 4 is 27.5 Å². The summed E-state index contributed by atoms with van der Waals surface area (Å²) in [4.78, 5) is 14.7. The molecule has 25 heavy (non-hydrogen) atoms. The molecule has 1 amide bonds. The average Bonchev–Trinajstić information content (AvgIpc) is 2.56. The Morgan fingerprint density at radius 2 is 1.88 bits per heavy atom. The molecule has 0 unspecified atom stereocenters. The fraction of sp³-hybridized carbons (Fsp3) is 0.611. The molecule has 0 saturated carbocycles. The molecule has 0 radical (unpaired) electrons. The third kappa shape index (κ3) is 5.43. The SMILES string of the molecule is Cc1ccc(S(=O)(=O)N[C@@H](CC(C)C)C(=O)N2CCCCC2)cc1Cl. The van der Waals surface area contributed by atoms with E-state index in [1.165, 1.54) is 12.1 Å². The van der Waals surface area contributed by atoms with Gasteiger partial charge in [0.15, 0.2) is 0 Å². The molecule has 0 aliphatic carbocycles. The lowest BCUT2D eigenvalue weighted by Crippen LogP contribution is -2.50. The first kappa shape index (κ1) is 20.2. The number of piperidine rings is 1. The van der Waals surface area contributed by atoms with Crippen LogP contribution in [0.1, 0.15) is 45.1 Å². The van der Waals surface area contributed by atoms with Crippen LogP contribution in [0.25, 0.3) is 0 Å². The molecule has 140 valence electrons. The monoisotopic (exact) mass is 386 g/mol. The third-order valence-corrected chi connectivity index (χ3v) is 6.30. The van der Waals surface area contributed by atoms with Crippen LogP contribution in [-0.4, -0.2) is 38.4 Å². The molecule has 1 aromatic carbocycles. The van der Waals surface area contributed by atoms with Crippen LogP contribution in [0.4, 0.5) is 0 Å². The van der Waals surface area contributed by atoms with Crippen LogP contribution >= 0.6 is 11.6 Å². The third-order valence-electron chi connectivity index (χ3n) is 4.42. The lowest BCUT2D eigenvalue weighted by Gasteiger charge is -2.31. The second-order valence-corrected chi connectivity index (χ2v) is 9.22. The molecule has 1 aliphatic rings. The van der Waals surface area contributed by atoms with Crippen LogP contribution in [-0.2, 0) is 14.8 Å². The molecule has 1 N–H and O–H groups in total. The Labute approximate surface area is 155 Å². The molecule has 5 nitrogen and oxygen atoms in total. The van der Waals surface area contributed by atoms with Crippen molar-refractivity contribution in [1.82, 2.24) is 9.62 Å². The van der Waals surface area contributed by atoms with E-state index in [0.29, 0.717) is 24.5 Å². The molecule has 2 rings (SSSR count).